The lowest BCUT2D eigenvalue weighted by atomic mass is 9.81. The van der Waals surface area contributed by atoms with Gasteiger partial charge in [0.05, 0.1) is 0 Å². The molecule has 0 bridgehead atoms. The van der Waals surface area contributed by atoms with Crippen LogP contribution in [0.15, 0.2) is 12.2 Å². The molecule has 0 atom stereocenters. The number of Topliss-reactive ketones (excluding diaryl/α,β-unsaturated/α-hetero) is 1. The molecule has 1 rings (SSSR count). The summed E-state index contributed by atoms with van der Waals surface area (Å²) in [6.07, 6.45) is 5.14. The highest BCUT2D eigenvalue weighted by atomic mass is 16.6. The molecule has 0 aromatic carbocycles. The second-order valence-electron chi connectivity index (χ2n) is 4.79. The number of ether oxygens (including phenoxy) is 1. The fourth-order valence-electron chi connectivity index (χ4n) is 2.25. The zero-order valence-electron chi connectivity index (χ0n) is 10.2. The molecule has 0 radical (unpaired) electrons. The Kier molecular flexibility index (Phi) is 4.27. The maximum atomic E-state index is 11.6. The highest BCUT2D eigenvalue weighted by Gasteiger charge is 2.37. The number of carbonyl (C=O) groups excluding carboxylic acids is 2. The van der Waals surface area contributed by atoms with E-state index in [0.717, 1.165) is 32.1 Å². The second-order valence-corrected chi connectivity index (χ2v) is 4.79. The largest absolute Gasteiger partial charge is 0.455 e. The van der Waals surface area contributed by atoms with E-state index in [0.29, 0.717) is 12.0 Å². The Morgan fingerprint density at radius 2 is 1.75 bits per heavy atom. The van der Waals surface area contributed by atoms with E-state index < -0.39 is 5.60 Å². The van der Waals surface area contributed by atoms with Crippen molar-refractivity contribution in [2.75, 3.05) is 0 Å². The van der Waals surface area contributed by atoms with E-state index in [2.05, 4.69) is 6.58 Å². The molecule has 3 nitrogen and oxygen atoms in total. The maximum Gasteiger partial charge on any atom is 0.333 e. The molecule has 0 aliphatic heterocycles. The molecule has 0 aromatic rings. The summed E-state index contributed by atoms with van der Waals surface area (Å²) in [6.45, 7) is 6.75. The molecular weight excluding hydrogens is 204 g/mol. The van der Waals surface area contributed by atoms with Gasteiger partial charge in [-0.2, -0.15) is 0 Å². The summed E-state index contributed by atoms with van der Waals surface area (Å²) in [5.74, 6) is -0.292. The van der Waals surface area contributed by atoms with Gasteiger partial charge < -0.3 is 4.74 Å². The summed E-state index contributed by atoms with van der Waals surface area (Å²) in [6, 6.07) is 0. The molecule has 90 valence electrons. The van der Waals surface area contributed by atoms with Crippen LogP contribution < -0.4 is 0 Å². The van der Waals surface area contributed by atoms with Crippen LogP contribution in [0.1, 0.15) is 52.4 Å². The first-order chi connectivity index (χ1) is 7.45. The van der Waals surface area contributed by atoms with Crippen LogP contribution in [0.25, 0.3) is 0 Å². The van der Waals surface area contributed by atoms with Gasteiger partial charge in [-0.15, -0.1) is 0 Å². The zero-order chi connectivity index (χ0) is 12.2. The molecule has 0 saturated heterocycles. The Balaban J connectivity index is 2.73. The van der Waals surface area contributed by atoms with Crippen LogP contribution >= 0.6 is 0 Å². The van der Waals surface area contributed by atoms with E-state index in [-0.39, 0.29) is 11.8 Å². The number of hydrogen-bond donors (Lipinski definition) is 0. The van der Waals surface area contributed by atoms with E-state index in [9.17, 15) is 9.59 Å². The lowest BCUT2D eigenvalue weighted by Crippen LogP contribution is -2.39. The SMILES string of the molecule is C=C(C)C(=O)OC1(CC(C)=O)CCCCC1. The topological polar surface area (TPSA) is 43.4 Å². The first kappa shape index (κ1) is 12.9. The highest BCUT2D eigenvalue weighted by molar-refractivity contribution is 5.87. The molecule has 3 heteroatoms. The van der Waals surface area contributed by atoms with Crippen molar-refractivity contribution in [3.63, 3.8) is 0 Å². The quantitative estimate of drug-likeness (QED) is 0.544. The second kappa shape index (κ2) is 5.28. The highest BCUT2D eigenvalue weighted by Crippen LogP contribution is 2.35. The minimum absolute atomic E-state index is 0.0800. The van der Waals surface area contributed by atoms with Crippen molar-refractivity contribution in [1.82, 2.24) is 0 Å². The van der Waals surface area contributed by atoms with Crippen molar-refractivity contribution >= 4 is 11.8 Å². The van der Waals surface area contributed by atoms with E-state index in [1.54, 1.807) is 13.8 Å². The number of esters is 1. The zero-order valence-corrected chi connectivity index (χ0v) is 10.2. The van der Waals surface area contributed by atoms with Gasteiger partial charge in [0.1, 0.15) is 11.4 Å². The summed E-state index contributed by atoms with van der Waals surface area (Å²) in [5.41, 5.74) is -0.159. The fraction of sp³-hybridized carbons (Fsp3) is 0.692. The third-order valence-corrected chi connectivity index (χ3v) is 2.99. The predicted molar refractivity (Wildman–Crippen MR) is 62.0 cm³/mol. The van der Waals surface area contributed by atoms with Crippen LogP contribution in [0, 0.1) is 0 Å². The molecule has 1 aliphatic carbocycles. The molecule has 0 unspecified atom stereocenters. The minimum Gasteiger partial charge on any atom is -0.455 e. The summed E-state index contributed by atoms with van der Waals surface area (Å²) in [4.78, 5) is 22.8. The fourth-order valence-corrected chi connectivity index (χ4v) is 2.25. The summed E-state index contributed by atoms with van der Waals surface area (Å²) in [7, 11) is 0. The van der Waals surface area contributed by atoms with Crippen LogP contribution in [-0.4, -0.2) is 17.4 Å². The first-order valence-electron chi connectivity index (χ1n) is 5.83. The average Bonchev–Trinajstić information content (AvgIpc) is 2.17. The molecule has 16 heavy (non-hydrogen) atoms. The van der Waals surface area contributed by atoms with Crippen molar-refractivity contribution < 1.29 is 14.3 Å². The lowest BCUT2D eigenvalue weighted by Gasteiger charge is -2.36. The monoisotopic (exact) mass is 224 g/mol. The third kappa shape index (κ3) is 3.47. The van der Waals surface area contributed by atoms with Crippen molar-refractivity contribution in [3.05, 3.63) is 12.2 Å². The molecule has 0 heterocycles. The van der Waals surface area contributed by atoms with Crippen LogP contribution in [0.5, 0.6) is 0 Å². The maximum absolute atomic E-state index is 11.6. The van der Waals surface area contributed by atoms with E-state index in [4.69, 9.17) is 4.74 Å². The number of ketones is 1. The van der Waals surface area contributed by atoms with Crippen LogP contribution in [0.2, 0.25) is 0 Å². The average molecular weight is 224 g/mol. The van der Waals surface area contributed by atoms with Crippen molar-refractivity contribution in [1.29, 1.82) is 0 Å². The molecule has 0 amide bonds. The van der Waals surface area contributed by atoms with Gasteiger partial charge in [-0.05, 0) is 39.5 Å². The van der Waals surface area contributed by atoms with Crippen molar-refractivity contribution in [2.24, 2.45) is 0 Å². The van der Waals surface area contributed by atoms with Crippen molar-refractivity contribution in [2.45, 2.75) is 58.0 Å². The molecule has 0 spiro atoms. The van der Waals surface area contributed by atoms with E-state index in [1.165, 1.54) is 0 Å². The Morgan fingerprint density at radius 1 is 1.19 bits per heavy atom. The molecule has 1 fully saturated rings. The number of carbonyl (C=O) groups is 2. The molecular formula is C13H20O3. The van der Waals surface area contributed by atoms with Crippen molar-refractivity contribution in [3.8, 4) is 0 Å². The molecule has 0 N–H and O–H groups in total. The Bertz CT molecular complexity index is 298. The smallest absolute Gasteiger partial charge is 0.333 e. The van der Waals surface area contributed by atoms with E-state index in [1.807, 2.05) is 0 Å². The normalized spacial score (nSPS) is 18.9. The van der Waals surface area contributed by atoms with Gasteiger partial charge >= 0.3 is 5.97 Å². The number of rotatable bonds is 4. The van der Waals surface area contributed by atoms with Gasteiger partial charge in [0.2, 0.25) is 0 Å². The van der Waals surface area contributed by atoms with Crippen LogP contribution in [0.4, 0.5) is 0 Å². The number of hydrogen-bond acceptors (Lipinski definition) is 3. The summed E-state index contributed by atoms with van der Waals surface area (Å²) < 4.78 is 5.49. The molecule has 0 aromatic heterocycles. The van der Waals surface area contributed by atoms with Crippen LogP contribution in [-0.2, 0) is 14.3 Å². The lowest BCUT2D eigenvalue weighted by molar-refractivity contribution is -0.160. The van der Waals surface area contributed by atoms with Gasteiger partial charge in [0.25, 0.3) is 0 Å². The Hall–Kier alpha value is -1.12. The minimum atomic E-state index is -0.555. The Morgan fingerprint density at radius 3 is 2.19 bits per heavy atom. The molecule has 1 aliphatic rings. The van der Waals surface area contributed by atoms with Gasteiger partial charge in [-0.1, -0.05) is 13.0 Å². The predicted octanol–water partition coefficient (Wildman–Crippen LogP) is 2.79. The standard InChI is InChI=1S/C13H20O3/c1-10(2)12(15)16-13(9-11(3)14)7-5-4-6-8-13/h1,4-9H2,2-3H3. The summed E-state index contributed by atoms with van der Waals surface area (Å²) >= 11 is 0. The van der Waals surface area contributed by atoms with Gasteiger partial charge in [0, 0.05) is 12.0 Å². The Labute approximate surface area is 96.9 Å². The molecule has 1 saturated carbocycles. The van der Waals surface area contributed by atoms with E-state index >= 15 is 0 Å². The van der Waals surface area contributed by atoms with Crippen LogP contribution in [0.3, 0.4) is 0 Å². The van der Waals surface area contributed by atoms with Gasteiger partial charge in [-0.25, -0.2) is 4.79 Å². The first-order valence-corrected chi connectivity index (χ1v) is 5.83. The summed E-state index contributed by atoms with van der Waals surface area (Å²) in [5, 5.41) is 0. The van der Waals surface area contributed by atoms with Gasteiger partial charge in [0.15, 0.2) is 0 Å². The third-order valence-electron chi connectivity index (χ3n) is 2.99. The van der Waals surface area contributed by atoms with Gasteiger partial charge in [-0.3, -0.25) is 4.79 Å².